The van der Waals surface area contributed by atoms with Gasteiger partial charge in [-0.05, 0) is 37.5 Å². The van der Waals surface area contributed by atoms with Crippen molar-refractivity contribution in [2.45, 2.75) is 46.0 Å². The van der Waals surface area contributed by atoms with Crippen molar-refractivity contribution >= 4 is 11.9 Å². The van der Waals surface area contributed by atoms with Crippen LogP contribution < -0.4 is 21.1 Å². The maximum atomic E-state index is 10.7. The van der Waals surface area contributed by atoms with Gasteiger partial charge in [0.25, 0.3) is 5.91 Å². The van der Waals surface area contributed by atoms with Gasteiger partial charge in [0.05, 0.1) is 0 Å². The summed E-state index contributed by atoms with van der Waals surface area (Å²) in [7, 11) is 0. The molecule has 0 aliphatic rings. The fourth-order valence-corrected chi connectivity index (χ4v) is 2.30. The molecule has 0 fully saturated rings. The Labute approximate surface area is 151 Å². The SMILES string of the molecule is CCCCCCN=C(NCC)NCCc1ccc(OCC(N)=O)cc1. The van der Waals surface area contributed by atoms with E-state index in [0.29, 0.717) is 5.75 Å². The number of carbonyl (C=O) groups excluding carboxylic acids is 1. The quantitative estimate of drug-likeness (QED) is 0.307. The first-order chi connectivity index (χ1) is 12.2. The number of ether oxygens (including phenoxy) is 1. The van der Waals surface area contributed by atoms with E-state index < -0.39 is 5.91 Å². The molecule has 0 atom stereocenters. The van der Waals surface area contributed by atoms with Gasteiger partial charge >= 0.3 is 0 Å². The highest BCUT2D eigenvalue weighted by molar-refractivity contribution is 5.79. The van der Waals surface area contributed by atoms with Crippen LogP contribution in [-0.2, 0) is 11.2 Å². The number of nitrogens with zero attached hydrogens (tertiary/aromatic N) is 1. The smallest absolute Gasteiger partial charge is 0.255 e. The van der Waals surface area contributed by atoms with E-state index >= 15 is 0 Å². The standard InChI is InChI=1S/C19H32N4O2/c1-3-5-6-7-13-22-19(21-4-2)23-14-12-16-8-10-17(11-9-16)25-15-18(20)24/h8-11H,3-7,12-15H2,1-2H3,(H2,20,24)(H2,21,22,23). The molecule has 25 heavy (non-hydrogen) atoms. The highest BCUT2D eigenvalue weighted by Crippen LogP contribution is 2.12. The van der Waals surface area contributed by atoms with E-state index in [4.69, 9.17) is 10.5 Å². The average Bonchev–Trinajstić information content (AvgIpc) is 2.60. The first kappa shape index (κ1) is 20.8. The van der Waals surface area contributed by atoms with Crippen LogP contribution in [0.1, 0.15) is 45.1 Å². The number of unbranched alkanes of at least 4 members (excludes halogenated alkanes) is 3. The maximum Gasteiger partial charge on any atom is 0.255 e. The van der Waals surface area contributed by atoms with Crippen molar-refractivity contribution in [3.63, 3.8) is 0 Å². The Morgan fingerprint density at radius 3 is 2.52 bits per heavy atom. The molecule has 0 saturated heterocycles. The molecule has 1 aromatic rings. The van der Waals surface area contributed by atoms with E-state index in [-0.39, 0.29) is 6.61 Å². The zero-order valence-corrected chi connectivity index (χ0v) is 15.5. The molecule has 0 saturated carbocycles. The molecule has 6 nitrogen and oxygen atoms in total. The van der Waals surface area contributed by atoms with Gasteiger partial charge < -0.3 is 21.1 Å². The highest BCUT2D eigenvalue weighted by Gasteiger charge is 2.00. The minimum Gasteiger partial charge on any atom is -0.484 e. The first-order valence-corrected chi connectivity index (χ1v) is 9.18. The molecule has 0 heterocycles. The van der Waals surface area contributed by atoms with E-state index in [1.165, 1.54) is 24.8 Å². The number of aliphatic imine (C=N–C) groups is 1. The number of hydrogen-bond acceptors (Lipinski definition) is 3. The minimum absolute atomic E-state index is 0.0956. The molecule has 0 radical (unpaired) electrons. The molecule has 0 spiro atoms. The number of rotatable bonds is 12. The summed E-state index contributed by atoms with van der Waals surface area (Å²) in [6, 6.07) is 7.69. The summed E-state index contributed by atoms with van der Waals surface area (Å²) in [6.45, 7) is 6.71. The van der Waals surface area contributed by atoms with Crippen molar-refractivity contribution in [3.8, 4) is 5.75 Å². The molecule has 4 N–H and O–H groups in total. The van der Waals surface area contributed by atoms with Crippen molar-refractivity contribution in [1.82, 2.24) is 10.6 Å². The lowest BCUT2D eigenvalue weighted by molar-refractivity contribution is -0.119. The molecule has 0 unspecified atom stereocenters. The second-order valence-corrected chi connectivity index (χ2v) is 5.90. The number of benzene rings is 1. The number of carbonyl (C=O) groups is 1. The van der Waals surface area contributed by atoms with Crippen molar-refractivity contribution < 1.29 is 9.53 Å². The van der Waals surface area contributed by atoms with Crippen LogP contribution >= 0.6 is 0 Å². The zero-order valence-electron chi connectivity index (χ0n) is 15.5. The van der Waals surface area contributed by atoms with Crippen LogP contribution in [0, 0.1) is 0 Å². The predicted octanol–water partition coefficient (Wildman–Crippen LogP) is 2.23. The second kappa shape index (κ2) is 13.1. The van der Waals surface area contributed by atoms with Gasteiger partial charge in [0.2, 0.25) is 0 Å². The topological polar surface area (TPSA) is 88.7 Å². The predicted molar refractivity (Wildman–Crippen MR) is 103 cm³/mol. The Kier molecular flexibility index (Phi) is 10.9. The summed E-state index contributed by atoms with van der Waals surface area (Å²) < 4.78 is 5.25. The lowest BCUT2D eigenvalue weighted by Gasteiger charge is -2.11. The van der Waals surface area contributed by atoms with Gasteiger partial charge in [0.15, 0.2) is 12.6 Å². The molecule has 6 heteroatoms. The first-order valence-electron chi connectivity index (χ1n) is 9.18. The lowest BCUT2D eigenvalue weighted by atomic mass is 10.1. The van der Waals surface area contributed by atoms with Crippen LogP contribution in [0.25, 0.3) is 0 Å². The van der Waals surface area contributed by atoms with Gasteiger partial charge in [-0.2, -0.15) is 0 Å². The molecular weight excluding hydrogens is 316 g/mol. The monoisotopic (exact) mass is 348 g/mol. The van der Waals surface area contributed by atoms with Crippen molar-refractivity contribution in [1.29, 1.82) is 0 Å². The van der Waals surface area contributed by atoms with E-state index in [0.717, 1.165) is 38.4 Å². The number of nitrogens with one attached hydrogen (secondary N) is 2. The van der Waals surface area contributed by atoms with Crippen LogP contribution in [0.4, 0.5) is 0 Å². The minimum atomic E-state index is -0.474. The number of primary amides is 1. The van der Waals surface area contributed by atoms with Crippen molar-refractivity contribution in [2.75, 3.05) is 26.2 Å². The van der Waals surface area contributed by atoms with Crippen LogP contribution in [0.2, 0.25) is 0 Å². The summed E-state index contributed by atoms with van der Waals surface area (Å²) in [5.41, 5.74) is 6.25. The number of hydrogen-bond donors (Lipinski definition) is 3. The van der Waals surface area contributed by atoms with Crippen LogP contribution in [0.5, 0.6) is 5.75 Å². The Hall–Kier alpha value is -2.24. The lowest BCUT2D eigenvalue weighted by Crippen LogP contribution is -2.38. The van der Waals surface area contributed by atoms with Crippen molar-refractivity contribution in [3.05, 3.63) is 29.8 Å². The van der Waals surface area contributed by atoms with E-state index in [1.54, 1.807) is 0 Å². The van der Waals surface area contributed by atoms with Gasteiger partial charge in [0.1, 0.15) is 5.75 Å². The van der Waals surface area contributed by atoms with Crippen LogP contribution in [0.15, 0.2) is 29.3 Å². The van der Waals surface area contributed by atoms with Gasteiger partial charge in [-0.15, -0.1) is 0 Å². The molecular formula is C19H32N4O2. The second-order valence-electron chi connectivity index (χ2n) is 5.90. The summed E-state index contributed by atoms with van der Waals surface area (Å²) in [6.07, 6.45) is 5.78. The molecule has 0 aliphatic heterocycles. The van der Waals surface area contributed by atoms with Crippen LogP contribution in [-0.4, -0.2) is 38.1 Å². The fraction of sp³-hybridized carbons (Fsp3) is 0.579. The highest BCUT2D eigenvalue weighted by atomic mass is 16.5. The zero-order chi connectivity index (χ0) is 18.3. The molecule has 140 valence electrons. The van der Waals surface area contributed by atoms with Gasteiger partial charge in [-0.3, -0.25) is 9.79 Å². The number of guanidine groups is 1. The van der Waals surface area contributed by atoms with E-state index in [1.807, 2.05) is 24.3 Å². The molecule has 1 aromatic carbocycles. The molecule has 0 aliphatic carbocycles. The third kappa shape index (κ3) is 10.3. The number of nitrogens with two attached hydrogens (primary N) is 1. The summed E-state index contributed by atoms with van der Waals surface area (Å²) in [4.78, 5) is 15.3. The molecule has 0 aromatic heterocycles. The molecule has 1 rings (SSSR count). The third-order valence-corrected chi connectivity index (χ3v) is 3.64. The van der Waals surface area contributed by atoms with E-state index in [2.05, 4.69) is 29.5 Å². The summed E-state index contributed by atoms with van der Waals surface area (Å²) in [5.74, 6) is 1.05. The summed E-state index contributed by atoms with van der Waals surface area (Å²) in [5, 5.41) is 6.63. The Balaban J connectivity index is 2.34. The average molecular weight is 348 g/mol. The van der Waals surface area contributed by atoms with Gasteiger partial charge in [-0.1, -0.05) is 38.3 Å². The van der Waals surface area contributed by atoms with E-state index in [9.17, 15) is 4.79 Å². The molecule has 1 amide bonds. The Morgan fingerprint density at radius 2 is 1.88 bits per heavy atom. The largest absolute Gasteiger partial charge is 0.484 e. The Bertz CT molecular complexity index is 515. The normalized spacial score (nSPS) is 11.2. The third-order valence-electron chi connectivity index (χ3n) is 3.64. The van der Waals surface area contributed by atoms with Gasteiger partial charge in [0, 0.05) is 19.6 Å². The van der Waals surface area contributed by atoms with Crippen LogP contribution in [0.3, 0.4) is 0 Å². The Morgan fingerprint density at radius 1 is 1.12 bits per heavy atom. The van der Waals surface area contributed by atoms with Crippen molar-refractivity contribution in [2.24, 2.45) is 10.7 Å². The fourth-order valence-electron chi connectivity index (χ4n) is 2.30. The molecule has 0 bridgehead atoms. The van der Waals surface area contributed by atoms with Gasteiger partial charge in [-0.25, -0.2) is 0 Å². The summed E-state index contributed by atoms with van der Waals surface area (Å²) >= 11 is 0. The number of amides is 1. The maximum absolute atomic E-state index is 10.7.